The highest BCUT2D eigenvalue weighted by Gasteiger charge is 2.36. The van der Waals surface area contributed by atoms with E-state index in [4.69, 9.17) is 0 Å². The van der Waals surface area contributed by atoms with Crippen molar-refractivity contribution in [3.05, 3.63) is 35.6 Å². The Morgan fingerprint density at radius 1 is 1.19 bits per heavy atom. The molecular formula is C16H20FNO3. The second-order valence-corrected chi connectivity index (χ2v) is 5.62. The Labute approximate surface area is 123 Å². The van der Waals surface area contributed by atoms with Gasteiger partial charge < -0.3 is 10.4 Å². The Balaban J connectivity index is 2.02. The third kappa shape index (κ3) is 3.80. The van der Waals surface area contributed by atoms with E-state index in [0.717, 1.165) is 18.4 Å². The number of rotatable bonds is 4. The molecule has 4 nitrogen and oxygen atoms in total. The smallest absolute Gasteiger partial charge is 0.307 e. The molecule has 0 saturated heterocycles. The molecule has 1 fully saturated rings. The normalized spacial score (nSPS) is 23.3. The minimum Gasteiger partial charge on any atom is -0.481 e. The highest BCUT2D eigenvalue weighted by atomic mass is 19.1. The number of benzene rings is 1. The first-order chi connectivity index (χ1) is 9.99. The van der Waals surface area contributed by atoms with Crippen LogP contribution in [0.25, 0.3) is 0 Å². The van der Waals surface area contributed by atoms with Crippen LogP contribution in [0.5, 0.6) is 0 Å². The van der Waals surface area contributed by atoms with Crippen molar-refractivity contribution in [2.75, 3.05) is 0 Å². The summed E-state index contributed by atoms with van der Waals surface area (Å²) in [5, 5.41) is 12.1. The molecule has 2 rings (SSSR count). The highest BCUT2D eigenvalue weighted by Crippen LogP contribution is 2.31. The topological polar surface area (TPSA) is 66.4 Å². The number of aliphatic carboxylic acids is 1. The summed E-state index contributed by atoms with van der Waals surface area (Å²) in [5.41, 5.74) is 0.799. The summed E-state index contributed by atoms with van der Waals surface area (Å²) in [6.07, 6.45) is 2.90. The molecule has 1 amide bonds. The fraction of sp³-hybridized carbons (Fsp3) is 0.500. The van der Waals surface area contributed by atoms with Gasteiger partial charge in [0.15, 0.2) is 0 Å². The van der Waals surface area contributed by atoms with Crippen molar-refractivity contribution in [3.8, 4) is 0 Å². The maximum atomic E-state index is 12.9. The number of carbonyl (C=O) groups is 2. The number of nitrogens with one attached hydrogen (secondary N) is 1. The van der Waals surface area contributed by atoms with Gasteiger partial charge in [0, 0.05) is 0 Å². The summed E-state index contributed by atoms with van der Waals surface area (Å²) in [4.78, 5) is 23.6. The number of amides is 1. The monoisotopic (exact) mass is 293 g/mol. The lowest BCUT2D eigenvalue weighted by Crippen LogP contribution is -2.40. The predicted octanol–water partition coefficient (Wildman–Crippen LogP) is 2.89. The van der Waals surface area contributed by atoms with Gasteiger partial charge in [-0.05, 0) is 37.5 Å². The van der Waals surface area contributed by atoms with Crippen LogP contribution >= 0.6 is 0 Å². The van der Waals surface area contributed by atoms with Crippen LogP contribution < -0.4 is 5.32 Å². The van der Waals surface area contributed by atoms with Crippen LogP contribution in [0.2, 0.25) is 0 Å². The van der Waals surface area contributed by atoms with Crippen LogP contribution in [-0.4, -0.2) is 17.0 Å². The number of hydrogen-bond acceptors (Lipinski definition) is 2. The van der Waals surface area contributed by atoms with E-state index in [2.05, 4.69) is 5.32 Å². The van der Waals surface area contributed by atoms with Gasteiger partial charge in [0.05, 0.1) is 17.9 Å². The van der Waals surface area contributed by atoms with E-state index < -0.39 is 17.8 Å². The lowest BCUT2D eigenvalue weighted by atomic mass is 9.78. The first-order valence-electron chi connectivity index (χ1n) is 7.27. The Bertz CT molecular complexity index is 515. The second kappa shape index (κ2) is 6.70. The molecule has 1 unspecified atom stereocenters. The minimum absolute atomic E-state index is 0.223. The van der Waals surface area contributed by atoms with Crippen LogP contribution in [0, 0.1) is 17.7 Å². The zero-order valence-electron chi connectivity index (χ0n) is 12.0. The second-order valence-electron chi connectivity index (χ2n) is 5.62. The summed E-state index contributed by atoms with van der Waals surface area (Å²) in [6, 6.07) is 5.66. The Morgan fingerprint density at radius 2 is 1.76 bits per heavy atom. The molecule has 0 aliphatic heterocycles. The average Bonchev–Trinajstić information content (AvgIpc) is 2.47. The maximum absolute atomic E-state index is 12.9. The molecule has 1 aromatic carbocycles. The van der Waals surface area contributed by atoms with Gasteiger partial charge in [0.25, 0.3) is 0 Å². The maximum Gasteiger partial charge on any atom is 0.307 e. The van der Waals surface area contributed by atoms with Crippen molar-refractivity contribution in [2.45, 2.75) is 38.6 Å². The molecule has 0 heterocycles. The van der Waals surface area contributed by atoms with Gasteiger partial charge in [-0.2, -0.15) is 0 Å². The third-order valence-corrected chi connectivity index (χ3v) is 4.15. The van der Waals surface area contributed by atoms with Gasteiger partial charge in [0.1, 0.15) is 5.82 Å². The van der Waals surface area contributed by atoms with Crippen molar-refractivity contribution >= 4 is 11.9 Å². The zero-order chi connectivity index (χ0) is 15.4. The molecule has 0 bridgehead atoms. The van der Waals surface area contributed by atoms with Crippen molar-refractivity contribution in [3.63, 3.8) is 0 Å². The first-order valence-corrected chi connectivity index (χ1v) is 7.27. The molecule has 114 valence electrons. The van der Waals surface area contributed by atoms with Crippen LogP contribution in [0.15, 0.2) is 24.3 Å². The Kier molecular flexibility index (Phi) is 4.94. The van der Waals surface area contributed by atoms with Gasteiger partial charge in [-0.25, -0.2) is 4.39 Å². The first kappa shape index (κ1) is 15.5. The molecule has 21 heavy (non-hydrogen) atoms. The number of carbonyl (C=O) groups excluding carboxylic acids is 1. The average molecular weight is 293 g/mol. The quantitative estimate of drug-likeness (QED) is 0.897. The van der Waals surface area contributed by atoms with Crippen molar-refractivity contribution in [1.82, 2.24) is 5.32 Å². The fourth-order valence-corrected chi connectivity index (χ4v) is 2.90. The van der Waals surface area contributed by atoms with E-state index in [0.29, 0.717) is 12.8 Å². The largest absolute Gasteiger partial charge is 0.481 e. The molecule has 0 radical (unpaired) electrons. The molecular weight excluding hydrogens is 273 g/mol. The number of halogens is 1. The molecule has 1 saturated carbocycles. The summed E-state index contributed by atoms with van der Waals surface area (Å²) < 4.78 is 12.9. The predicted molar refractivity (Wildman–Crippen MR) is 76.0 cm³/mol. The van der Waals surface area contributed by atoms with Crippen molar-refractivity contribution < 1.29 is 19.1 Å². The highest BCUT2D eigenvalue weighted by molar-refractivity contribution is 5.85. The lowest BCUT2D eigenvalue weighted by molar-refractivity contribution is -0.149. The van der Waals surface area contributed by atoms with Crippen molar-refractivity contribution in [1.29, 1.82) is 0 Å². The lowest BCUT2D eigenvalue weighted by Gasteiger charge is -2.28. The summed E-state index contributed by atoms with van der Waals surface area (Å²) in [6.45, 7) is 1.81. The summed E-state index contributed by atoms with van der Waals surface area (Å²) >= 11 is 0. The number of hydrogen-bond donors (Lipinski definition) is 2. The van der Waals surface area contributed by atoms with Gasteiger partial charge in [-0.1, -0.05) is 25.0 Å². The van der Waals surface area contributed by atoms with E-state index in [9.17, 15) is 19.1 Å². The van der Waals surface area contributed by atoms with Crippen LogP contribution in [0.1, 0.15) is 44.2 Å². The molecule has 0 aromatic heterocycles. The minimum atomic E-state index is -0.899. The number of carboxylic acids is 1. The van der Waals surface area contributed by atoms with Crippen LogP contribution in [0.4, 0.5) is 4.39 Å². The molecule has 0 spiro atoms. The van der Waals surface area contributed by atoms with Crippen LogP contribution in [0.3, 0.4) is 0 Å². The van der Waals surface area contributed by atoms with Gasteiger partial charge in [-0.15, -0.1) is 0 Å². The van der Waals surface area contributed by atoms with E-state index in [-0.39, 0.29) is 17.8 Å². The molecule has 5 heteroatoms. The van der Waals surface area contributed by atoms with E-state index in [1.807, 2.05) is 6.92 Å². The SMILES string of the molecule is CC(NC(=O)[C@@H]1CCCC[C@@H]1C(=O)O)c1ccc(F)cc1. The van der Waals surface area contributed by atoms with Crippen molar-refractivity contribution in [2.24, 2.45) is 11.8 Å². The van der Waals surface area contributed by atoms with E-state index >= 15 is 0 Å². The van der Waals surface area contributed by atoms with Gasteiger partial charge in [0.2, 0.25) is 5.91 Å². The molecule has 1 aromatic rings. The molecule has 1 aliphatic rings. The van der Waals surface area contributed by atoms with Crippen LogP contribution in [-0.2, 0) is 9.59 Å². The molecule has 1 aliphatic carbocycles. The van der Waals surface area contributed by atoms with E-state index in [1.54, 1.807) is 12.1 Å². The zero-order valence-corrected chi connectivity index (χ0v) is 12.0. The summed E-state index contributed by atoms with van der Waals surface area (Å²) in [7, 11) is 0. The molecule has 2 N–H and O–H groups in total. The fourth-order valence-electron chi connectivity index (χ4n) is 2.90. The van der Waals surface area contributed by atoms with E-state index in [1.165, 1.54) is 12.1 Å². The summed E-state index contributed by atoms with van der Waals surface area (Å²) in [5.74, 6) is -2.52. The van der Waals surface area contributed by atoms with Gasteiger partial charge in [-0.3, -0.25) is 9.59 Å². The standard InChI is InChI=1S/C16H20FNO3/c1-10(11-6-8-12(17)9-7-11)18-15(19)13-4-2-3-5-14(13)16(20)21/h6-10,13-14H,2-5H2,1H3,(H,18,19)(H,20,21)/t10?,13-,14+/m1/s1. The Hall–Kier alpha value is -1.91. The molecule has 3 atom stereocenters. The van der Waals surface area contributed by atoms with Gasteiger partial charge >= 0.3 is 5.97 Å². The Morgan fingerprint density at radius 3 is 2.33 bits per heavy atom. The number of carboxylic acid groups (broad SMARTS) is 1. The third-order valence-electron chi connectivity index (χ3n) is 4.15.